The van der Waals surface area contributed by atoms with Crippen LogP contribution in [-0.2, 0) is 6.54 Å². The van der Waals surface area contributed by atoms with Crippen LogP contribution in [0.3, 0.4) is 0 Å². The fourth-order valence-corrected chi connectivity index (χ4v) is 3.30. The molecule has 0 bridgehead atoms. The van der Waals surface area contributed by atoms with Gasteiger partial charge in [0, 0.05) is 15.4 Å². The van der Waals surface area contributed by atoms with Crippen molar-refractivity contribution in [3.63, 3.8) is 0 Å². The maximum Gasteiger partial charge on any atom is 0.138 e. The fourth-order valence-electron chi connectivity index (χ4n) is 2.83. The van der Waals surface area contributed by atoms with Crippen molar-refractivity contribution < 1.29 is 4.42 Å². The lowest BCUT2D eigenvalue weighted by Crippen LogP contribution is -2.14. The van der Waals surface area contributed by atoms with Crippen LogP contribution in [0, 0.1) is 0 Å². The summed E-state index contributed by atoms with van der Waals surface area (Å²) in [5.41, 5.74) is 3.69. The predicted octanol–water partition coefficient (Wildman–Crippen LogP) is 5.94. The van der Waals surface area contributed by atoms with Crippen LogP contribution in [0.15, 0.2) is 21.0 Å². The Labute approximate surface area is 136 Å². The van der Waals surface area contributed by atoms with E-state index in [0.717, 1.165) is 35.3 Å². The molecule has 1 N–H and O–H groups in total. The van der Waals surface area contributed by atoms with E-state index in [2.05, 4.69) is 68.0 Å². The summed E-state index contributed by atoms with van der Waals surface area (Å²) in [7, 11) is 0. The molecule has 2 rings (SSSR count). The average molecular weight is 352 g/mol. The van der Waals surface area contributed by atoms with Crippen molar-refractivity contribution >= 4 is 26.9 Å². The van der Waals surface area contributed by atoms with E-state index in [9.17, 15) is 0 Å². The van der Waals surface area contributed by atoms with Gasteiger partial charge in [0.25, 0.3) is 0 Å². The molecular weight excluding hydrogens is 326 g/mol. The molecule has 0 saturated heterocycles. The molecule has 3 heteroatoms. The maximum atomic E-state index is 6.27. The largest absolute Gasteiger partial charge is 0.459 e. The van der Waals surface area contributed by atoms with E-state index >= 15 is 0 Å². The first-order valence-electron chi connectivity index (χ1n) is 7.91. The smallest absolute Gasteiger partial charge is 0.138 e. The summed E-state index contributed by atoms with van der Waals surface area (Å²) in [6.07, 6.45) is 1.14. The Hall–Kier alpha value is -0.800. The third-order valence-corrected chi connectivity index (χ3v) is 4.27. The molecule has 1 aromatic heterocycles. The summed E-state index contributed by atoms with van der Waals surface area (Å²) < 4.78 is 7.40. The number of hydrogen-bond donors (Lipinski definition) is 1. The van der Waals surface area contributed by atoms with Gasteiger partial charge in [-0.15, -0.1) is 0 Å². The minimum absolute atomic E-state index is 0.451. The third-order valence-electron chi connectivity index (χ3n) is 3.81. The van der Waals surface area contributed by atoms with Gasteiger partial charge in [0.05, 0.1) is 6.54 Å². The monoisotopic (exact) mass is 351 g/mol. The molecule has 0 unspecified atom stereocenters. The molecule has 0 amide bonds. The van der Waals surface area contributed by atoms with Crippen LogP contribution in [0.25, 0.3) is 11.0 Å². The Kier molecular flexibility index (Phi) is 5.50. The van der Waals surface area contributed by atoms with Gasteiger partial charge in [-0.05, 0) is 42.5 Å². The van der Waals surface area contributed by atoms with Crippen molar-refractivity contribution in [1.82, 2.24) is 5.32 Å². The van der Waals surface area contributed by atoms with E-state index in [0.29, 0.717) is 11.8 Å². The minimum Gasteiger partial charge on any atom is -0.459 e. The predicted molar refractivity (Wildman–Crippen MR) is 94.1 cm³/mol. The second-order valence-corrected chi connectivity index (χ2v) is 7.21. The van der Waals surface area contributed by atoms with Crippen LogP contribution in [0.5, 0.6) is 0 Å². The molecule has 0 aliphatic carbocycles. The lowest BCUT2D eigenvalue weighted by atomic mass is 9.95. The molecule has 1 heterocycles. The molecule has 0 atom stereocenters. The van der Waals surface area contributed by atoms with E-state index < -0.39 is 0 Å². The Morgan fingerprint density at radius 2 is 1.86 bits per heavy atom. The molecule has 0 aliphatic rings. The quantitative estimate of drug-likeness (QED) is 0.651. The van der Waals surface area contributed by atoms with Crippen LogP contribution < -0.4 is 5.32 Å². The molecule has 21 heavy (non-hydrogen) atoms. The number of hydrogen-bond acceptors (Lipinski definition) is 2. The van der Waals surface area contributed by atoms with Gasteiger partial charge >= 0.3 is 0 Å². The number of benzene rings is 1. The highest BCUT2D eigenvalue weighted by Crippen LogP contribution is 2.38. The van der Waals surface area contributed by atoms with Crippen LogP contribution in [-0.4, -0.2) is 6.54 Å². The van der Waals surface area contributed by atoms with Crippen LogP contribution >= 0.6 is 15.9 Å². The van der Waals surface area contributed by atoms with Gasteiger partial charge in [-0.2, -0.15) is 0 Å². The molecule has 0 saturated carbocycles. The van der Waals surface area contributed by atoms with Crippen molar-refractivity contribution in [2.24, 2.45) is 0 Å². The summed E-state index contributed by atoms with van der Waals surface area (Å²) in [4.78, 5) is 0. The molecule has 0 spiro atoms. The van der Waals surface area contributed by atoms with E-state index in [1.807, 2.05) is 0 Å². The van der Waals surface area contributed by atoms with Crippen molar-refractivity contribution in [3.05, 3.63) is 33.5 Å². The van der Waals surface area contributed by atoms with Gasteiger partial charge in [0.1, 0.15) is 11.3 Å². The average Bonchev–Trinajstić information content (AvgIpc) is 2.76. The Morgan fingerprint density at radius 3 is 2.43 bits per heavy atom. The van der Waals surface area contributed by atoms with Crippen LogP contribution in [0.1, 0.15) is 69.8 Å². The summed E-state index contributed by atoms with van der Waals surface area (Å²) in [5.74, 6) is 2.00. The summed E-state index contributed by atoms with van der Waals surface area (Å²) >= 11 is 3.65. The number of fused-ring (bicyclic) bond motifs is 1. The van der Waals surface area contributed by atoms with Gasteiger partial charge in [-0.3, -0.25) is 0 Å². The van der Waals surface area contributed by atoms with Crippen molar-refractivity contribution in [2.75, 3.05) is 6.54 Å². The Morgan fingerprint density at radius 1 is 1.14 bits per heavy atom. The molecule has 0 fully saturated rings. The normalized spacial score (nSPS) is 12.0. The third kappa shape index (κ3) is 3.51. The van der Waals surface area contributed by atoms with Gasteiger partial charge in [-0.1, -0.05) is 50.5 Å². The zero-order chi connectivity index (χ0) is 15.6. The minimum atomic E-state index is 0.451. The zero-order valence-corrected chi connectivity index (χ0v) is 15.3. The lowest BCUT2D eigenvalue weighted by molar-refractivity contribution is 0.501. The second kappa shape index (κ2) is 6.97. The number of furan rings is 1. The molecule has 0 aliphatic heterocycles. The van der Waals surface area contributed by atoms with Crippen LogP contribution in [0.2, 0.25) is 0 Å². The van der Waals surface area contributed by atoms with Crippen LogP contribution in [0.4, 0.5) is 0 Å². The first-order valence-corrected chi connectivity index (χ1v) is 8.70. The van der Waals surface area contributed by atoms with Gasteiger partial charge < -0.3 is 9.73 Å². The van der Waals surface area contributed by atoms with Gasteiger partial charge in [0.15, 0.2) is 0 Å². The number of rotatable bonds is 6. The Balaban J connectivity index is 2.58. The molecular formula is C18H26BrNO. The number of nitrogens with one attached hydrogen (secondary N) is 1. The van der Waals surface area contributed by atoms with Gasteiger partial charge in [-0.25, -0.2) is 0 Å². The summed E-state index contributed by atoms with van der Waals surface area (Å²) in [6.45, 7) is 12.9. The summed E-state index contributed by atoms with van der Waals surface area (Å²) in [6, 6.07) is 4.38. The van der Waals surface area contributed by atoms with Gasteiger partial charge in [0.2, 0.25) is 0 Å². The molecule has 2 nitrogen and oxygen atoms in total. The SMILES string of the molecule is CCCNCc1oc2c(C(C)C)cc(Br)cc2c1C(C)C. The highest BCUT2D eigenvalue weighted by molar-refractivity contribution is 9.10. The fraction of sp³-hybridized carbons (Fsp3) is 0.556. The highest BCUT2D eigenvalue weighted by Gasteiger charge is 2.20. The first kappa shape index (κ1) is 16.6. The van der Waals surface area contributed by atoms with E-state index in [1.165, 1.54) is 16.5 Å². The second-order valence-electron chi connectivity index (χ2n) is 6.30. The van der Waals surface area contributed by atoms with Crippen molar-refractivity contribution in [1.29, 1.82) is 0 Å². The zero-order valence-electron chi connectivity index (χ0n) is 13.7. The standard InChI is InChI=1S/C18H26BrNO/c1-6-7-20-10-16-17(12(4)5)15-9-13(19)8-14(11(2)3)18(15)21-16/h8-9,11-12,20H,6-7,10H2,1-5H3. The van der Waals surface area contributed by atoms with E-state index in [-0.39, 0.29) is 0 Å². The highest BCUT2D eigenvalue weighted by atomic mass is 79.9. The topological polar surface area (TPSA) is 25.2 Å². The number of halogens is 1. The molecule has 0 radical (unpaired) electrons. The lowest BCUT2D eigenvalue weighted by Gasteiger charge is -2.08. The molecule has 1 aromatic carbocycles. The first-order chi connectivity index (χ1) is 9.95. The molecule has 116 valence electrons. The van der Waals surface area contributed by atoms with Crippen molar-refractivity contribution in [3.8, 4) is 0 Å². The van der Waals surface area contributed by atoms with Crippen molar-refractivity contribution in [2.45, 2.75) is 59.4 Å². The van der Waals surface area contributed by atoms with E-state index in [4.69, 9.17) is 4.42 Å². The maximum absolute atomic E-state index is 6.27. The molecule has 2 aromatic rings. The summed E-state index contributed by atoms with van der Waals surface area (Å²) in [5, 5.41) is 4.73. The van der Waals surface area contributed by atoms with E-state index in [1.54, 1.807) is 0 Å². The Bertz CT molecular complexity index is 613.